The Bertz CT molecular complexity index is 748. The monoisotopic (exact) mass is 320 g/mol. The van der Waals surface area contributed by atoms with E-state index in [9.17, 15) is 4.39 Å². The summed E-state index contributed by atoms with van der Waals surface area (Å²) in [5.74, 6) is -0.175. The highest BCUT2D eigenvalue weighted by atomic mass is 32.1. The summed E-state index contributed by atoms with van der Waals surface area (Å²) in [6, 6.07) is 7.37. The number of fused-ring (bicyclic) bond motifs is 1. The van der Waals surface area contributed by atoms with E-state index in [0.717, 1.165) is 33.8 Å². The van der Waals surface area contributed by atoms with E-state index in [2.05, 4.69) is 28.7 Å². The zero-order chi connectivity index (χ0) is 14.8. The predicted molar refractivity (Wildman–Crippen MR) is 88.8 cm³/mol. The van der Waals surface area contributed by atoms with Gasteiger partial charge in [-0.05, 0) is 37.1 Å². The van der Waals surface area contributed by atoms with E-state index in [1.165, 1.54) is 10.9 Å². The molecule has 0 amide bonds. The number of benzene rings is 1. The summed E-state index contributed by atoms with van der Waals surface area (Å²) in [4.78, 5) is 5.79. The maximum atomic E-state index is 13.3. The van der Waals surface area contributed by atoms with E-state index in [-0.39, 0.29) is 11.9 Å². The quantitative estimate of drug-likeness (QED) is 0.737. The fourth-order valence-electron chi connectivity index (χ4n) is 2.43. The highest BCUT2D eigenvalue weighted by Crippen LogP contribution is 2.32. The molecule has 21 heavy (non-hydrogen) atoms. The minimum Gasteiger partial charge on any atom is -0.309 e. The van der Waals surface area contributed by atoms with Crippen molar-refractivity contribution >= 4 is 32.8 Å². The van der Waals surface area contributed by atoms with Crippen LogP contribution in [0.15, 0.2) is 29.6 Å². The lowest BCUT2D eigenvalue weighted by atomic mass is 10.1. The number of nitrogens with zero attached hydrogens (tertiary/aromatic N) is 1. The van der Waals surface area contributed by atoms with Crippen LogP contribution in [0.5, 0.6) is 0 Å². The first-order valence-corrected chi connectivity index (χ1v) is 8.68. The lowest BCUT2D eigenvalue weighted by Crippen LogP contribution is -2.22. The van der Waals surface area contributed by atoms with E-state index in [1.54, 1.807) is 28.7 Å². The molecule has 110 valence electrons. The first-order chi connectivity index (χ1) is 10.2. The number of thiophene rings is 1. The minimum atomic E-state index is -0.175. The molecule has 1 aromatic carbocycles. The summed E-state index contributed by atoms with van der Waals surface area (Å²) in [6.45, 7) is 5.03. The van der Waals surface area contributed by atoms with Crippen LogP contribution >= 0.6 is 22.7 Å². The average Bonchev–Trinajstić information content (AvgIpc) is 3.04. The molecule has 0 fully saturated rings. The Kier molecular flexibility index (Phi) is 4.33. The molecule has 0 radical (unpaired) electrons. The van der Waals surface area contributed by atoms with E-state index >= 15 is 0 Å². The zero-order valence-corrected chi connectivity index (χ0v) is 13.7. The summed E-state index contributed by atoms with van der Waals surface area (Å²) in [7, 11) is 0. The molecule has 3 rings (SSSR count). The summed E-state index contributed by atoms with van der Waals surface area (Å²) in [6.07, 6.45) is 0.869. The van der Waals surface area contributed by atoms with Crippen LogP contribution in [0.25, 0.3) is 10.1 Å². The van der Waals surface area contributed by atoms with Gasteiger partial charge in [0.25, 0.3) is 0 Å². The van der Waals surface area contributed by atoms with Crippen molar-refractivity contribution in [3.05, 3.63) is 51.0 Å². The maximum absolute atomic E-state index is 13.3. The first kappa shape index (κ1) is 14.6. The van der Waals surface area contributed by atoms with E-state index in [4.69, 9.17) is 0 Å². The van der Waals surface area contributed by atoms with Crippen molar-refractivity contribution in [2.24, 2.45) is 0 Å². The van der Waals surface area contributed by atoms with Gasteiger partial charge in [-0.3, -0.25) is 0 Å². The number of thiazole rings is 1. The van der Waals surface area contributed by atoms with Gasteiger partial charge in [-0.15, -0.1) is 22.7 Å². The van der Waals surface area contributed by atoms with Gasteiger partial charge in [0, 0.05) is 27.4 Å². The molecule has 3 aromatic rings. The number of aromatic nitrogens is 1. The van der Waals surface area contributed by atoms with Crippen LogP contribution in [-0.2, 0) is 6.42 Å². The fraction of sp³-hybridized carbons (Fsp3) is 0.312. The molecular weight excluding hydrogens is 303 g/mol. The smallest absolute Gasteiger partial charge is 0.124 e. The van der Waals surface area contributed by atoms with Gasteiger partial charge in [-0.25, -0.2) is 9.37 Å². The Morgan fingerprint density at radius 1 is 1.33 bits per heavy atom. The third-order valence-electron chi connectivity index (χ3n) is 3.37. The second kappa shape index (κ2) is 6.22. The standard InChI is InChI=1S/C16H17FN2S2/c1-3-18-14(8-13-9-20-10(2)19-13)16-6-11-4-5-12(17)7-15(11)21-16/h4-7,9,14,18H,3,8H2,1-2H3. The van der Waals surface area contributed by atoms with Crippen LogP contribution in [0.4, 0.5) is 4.39 Å². The highest BCUT2D eigenvalue weighted by molar-refractivity contribution is 7.19. The fourth-order valence-corrected chi connectivity index (χ4v) is 4.22. The summed E-state index contributed by atoms with van der Waals surface area (Å²) >= 11 is 3.34. The zero-order valence-electron chi connectivity index (χ0n) is 12.0. The molecule has 0 spiro atoms. The van der Waals surface area contributed by atoms with Gasteiger partial charge in [0.2, 0.25) is 0 Å². The van der Waals surface area contributed by atoms with Crippen LogP contribution in [0.2, 0.25) is 0 Å². The molecule has 0 aliphatic carbocycles. The van der Waals surface area contributed by atoms with Gasteiger partial charge in [0.05, 0.1) is 10.7 Å². The number of aryl methyl sites for hydroxylation is 1. The number of hydrogen-bond donors (Lipinski definition) is 1. The number of nitrogens with one attached hydrogen (secondary N) is 1. The number of halogens is 1. The SMILES string of the molecule is CCNC(Cc1csc(C)n1)c1cc2ccc(F)cc2s1. The van der Waals surface area contributed by atoms with Crippen molar-refractivity contribution in [3.8, 4) is 0 Å². The normalized spacial score (nSPS) is 12.9. The molecule has 2 heterocycles. The third kappa shape index (κ3) is 3.31. The van der Waals surface area contributed by atoms with Crippen LogP contribution in [0, 0.1) is 12.7 Å². The van der Waals surface area contributed by atoms with Crippen molar-refractivity contribution in [2.75, 3.05) is 6.54 Å². The van der Waals surface area contributed by atoms with Gasteiger partial charge in [-0.2, -0.15) is 0 Å². The van der Waals surface area contributed by atoms with Gasteiger partial charge in [0.1, 0.15) is 5.82 Å². The van der Waals surface area contributed by atoms with Gasteiger partial charge >= 0.3 is 0 Å². The Hall–Kier alpha value is -1.30. The van der Waals surface area contributed by atoms with Crippen molar-refractivity contribution < 1.29 is 4.39 Å². The Labute approximate surface area is 131 Å². The maximum Gasteiger partial charge on any atom is 0.124 e. The Morgan fingerprint density at radius 2 is 2.19 bits per heavy atom. The molecular formula is C16H17FN2S2. The Morgan fingerprint density at radius 3 is 2.90 bits per heavy atom. The summed E-state index contributed by atoms with van der Waals surface area (Å²) < 4.78 is 14.3. The van der Waals surface area contributed by atoms with Gasteiger partial charge in [-0.1, -0.05) is 13.0 Å². The summed E-state index contributed by atoms with van der Waals surface area (Å²) in [5, 5.41) is 7.83. The highest BCUT2D eigenvalue weighted by Gasteiger charge is 2.16. The lowest BCUT2D eigenvalue weighted by Gasteiger charge is -2.14. The van der Waals surface area contributed by atoms with Crippen molar-refractivity contribution in [1.29, 1.82) is 0 Å². The molecule has 0 saturated carbocycles. The lowest BCUT2D eigenvalue weighted by molar-refractivity contribution is 0.553. The number of rotatable bonds is 5. The minimum absolute atomic E-state index is 0.175. The second-order valence-electron chi connectivity index (χ2n) is 5.00. The molecule has 0 saturated heterocycles. The van der Waals surface area contributed by atoms with Crippen LogP contribution in [0.3, 0.4) is 0 Å². The van der Waals surface area contributed by atoms with Gasteiger partial charge < -0.3 is 5.32 Å². The average molecular weight is 320 g/mol. The predicted octanol–water partition coefficient (Wildman–Crippen LogP) is 4.70. The molecule has 0 bridgehead atoms. The first-order valence-electron chi connectivity index (χ1n) is 6.99. The molecule has 0 aliphatic heterocycles. The van der Waals surface area contributed by atoms with E-state index in [0.29, 0.717) is 0 Å². The molecule has 2 aromatic heterocycles. The molecule has 2 nitrogen and oxygen atoms in total. The summed E-state index contributed by atoms with van der Waals surface area (Å²) in [5.41, 5.74) is 1.12. The third-order valence-corrected chi connectivity index (χ3v) is 5.41. The van der Waals surface area contributed by atoms with E-state index in [1.807, 2.05) is 13.0 Å². The second-order valence-corrected chi connectivity index (χ2v) is 7.18. The largest absolute Gasteiger partial charge is 0.309 e. The van der Waals surface area contributed by atoms with Crippen LogP contribution in [0.1, 0.15) is 28.5 Å². The molecule has 0 aliphatic rings. The number of hydrogen-bond acceptors (Lipinski definition) is 4. The van der Waals surface area contributed by atoms with Crippen molar-refractivity contribution in [2.45, 2.75) is 26.3 Å². The van der Waals surface area contributed by atoms with Crippen molar-refractivity contribution in [1.82, 2.24) is 10.3 Å². The molecule has 1 atom stereocenters. The van der Waals surface area contributed by atoms with Crippen molar-refractivity contribution in [3.63, 3.8) is 0 Å². The Balaban J connectivity index is 1.90. The topological polar surface area (TPSA) is 24.9 Å². The van der Waals surface area contributed by atoms with Crippen LogP contribution in [-0.4, -0.2) is 11.5 Å². The van der Waals surface area contributed by atoms with Gasteiger partial charge in [0.15, 0.2) is 0 Å². The molecule has 1 N–H and O–H groups in total. The number of likely N-dealkylation sites (N-methyl/N-ethyl adjacent to an activating group) is 1. The molecule has 1 unspecified atom stereocenters. The van der Waals surface area contributed by atoms with Crippen LogP contribution < -0.4 is 5.32 Å². The van der Waals surface area contributed by atoms with E-state index < -0.39 is 0 Å². The molecule has 5 heteroatoms.